The normalized spacial score (nSPS) is 12.2. The third-order valence-corrected chi connectivity index (χ3v) is 9.42. The van der Waals surface area contributed by atoms with Crippen LogP contribution in [0, 0.1) is 27.7 Å². The zero-order valence-corrected chi connectivity index (χ0v) is 28.6. The molecule has 0 saturated carbocycles. The van der Waals surface area contributed by atoms with Gasteiger partial charge < -0.3 is 10.2 Å². The summed E-state index contributed by atoms with van der Waals surface area (Å²) in [5.74, 6) is 0.752. The van der Waals surface area contributed by atoms with Crippen LogP contribution in [0.5, 0.6) is 11.5 Å². The Hall–Kier alpha value is -2.82. The molecule has 0 radical (unpaired) electrons. The zero-order chi connectivity index (χ0) is 31.3. The maximum absolute atomic E-state index is 11.3. The van der Waals surface area contributed by atoms with Crippen molar-refractivity contribution < 1.29 is 10.2 Å². The minimum absolute atomic E-state index is 0.159. The fraction of sp³-hybridized carbons (Fsp3) is 0.368. The van der Waals surface area contributed by atoms with Crippen molar-refractivity contribution in [3.8, 4) is 22.6 Å². The van der Waals surface area contributed by atoms with E-state index in [1.165, 1.54) is 16.7 Å². The second kappa shape index (κ2) is 11.7. The van der Waals surface area contributed by atoms with Crippen molar-refractivity contribution in [3.05, 3.63) is 104 Å². The monoisotopic (exact) mass is 598 g/mol. The number of hydrogen-bond acceptors (Lipinski definition) is 4. The Morgan fingerprint density at radius 1 is 0.571 bits per heavy atom. The highest BCUT2D eigenvalue weighted by molar-refractivity contribution is 7.80. The average Bonchev–Trinajstić information content (AvgIpc) is 2.89. The van der Waals surface area contributed by atoms with Gasteiger partial charge in [-0.1, -0.05) is 71.9 Å². The van der Waals surface area contributed by atoms with Gasteiger partial charge in [0.25, 0.3) is 0 Å². The Labute approximate surface area is 264 Å². The Kier molecular flexibility index (Phi) is 8.94. The van der Waals surface area contributed by atoms with E-state index in [0.717, 1.165) is 59.9 Å². The number of thiol groups is 2. The zero-order valence-electron chi connectivity index (χ0n) is 26.8. The number of aromatic hydroxyl groups is 2. The molecule has 0 saturated heterocycles. The minimum atomic E-state index is -0.162. The Bertz CT molecular complexity index is 1650. The lowest BCUT2D eigenvalue weighted by atomic mass is 9.79. The summed E-state index contributed by atoms with van der Waals surface area (Å²) in [5.41, 5.74) is 12.6. The molecule has 0 spiro atoms. The standard InChI is InChI=1S/C38H46O2S2/c1-21-17-32(37(5,6)7)35(39)23(3)28(21)19-30-27(25-11-13-26(41)14-12-25)15-16-34(42)31(30)20-29-22(2)18-33(38(8,9)10)36(40)24(29)4/h11-18,39-42H,19-20H2,1-10H3. The second-order valence-electron chi connectivity index (χ2n) is 13.9. The molecular formula is C38H46O2S2. The molecule has 0 atom stereocenters. The van der Waals surface area contributed by atoms with Gasteiger partial charge in [-0.15, -0.1) is 25.3 Å². The van der Waals surface area contributed by atoms with Gasteiger partial charge in [-0.3, -0.25) is 0 Å². The molecule has 0 aliphatic carbocycles. The lowest BCUT2D eigenvalue weighted by Crippen LogP contribution is -2.14. The van der Waals surface area contributed by atoms with Crippen LogP contribution < -0.4 is 0 Å². The van der Waals surface area contributed by atoms with E-state index in [9.17, 15) is 10.2 Å². The highest BCUT2D eigenvalue weighted by atomic mass is 32.1. The fourth-order valence-electron chi connectivity index (χ4n) is 6.06. The van der Waals surface area contributed by atoms with E-state index in [1.807, 2.05) is 26.0 Å². The average molecular weight is 599 g/mol. The van der Waals surface area contributed by atoms with Gasteiger partial charge in [-0.2, -0.15) is 0 Å². The quantitative estimate of drug-likeness (QED) is 0.173. The number of hydrogen-bond donors (Lipinski definition) is 4. The van der Waals surface area contributed by atoms with Crippen LogP contribution in [0.4, 0.5) is 0 Å². The molecule has 0 aliphatic heterocycles. The summed E-state index contributed by atoms with van der Waals surface area (Å²) in [6.45, 7) is 21.2. The summed E-state index contributed by atoms with van der Waals surface area (Å²) in [6, 6.07) is 16.8. The van der Waals surface area contributed by atoms with E-state index < -0.39 is 0 Å². The predicted molar refractivity (Wildman–Crippen MR) is 185 cm³/mol. The summed E-state index contributed by atoms with van der Waals surface area (Å²) in [4.78, 5) is 1.84. The van der Waals surface area contributed by atoms with Gasteiger partial charge in [0, 0.05) is 9.79 Å². The van der Waals surface area contributed by atoms with Gasteiger partial charge in [0.15, 0.2) is 0 Å². The molecule has 4 rings (SSSR count). The van der Waals surface area contributed by atoms with E-state index >= 15 is 0 Å². The SMILES string of the molecule is Cc1cc(C(C)(C)C)c(O)c(C)c1Cc1c(S)ccc(-c2ccc(S)cc2)c1Cc1c(C)cc(C(C)(C)C)c(O)c1C. The first-order chi connectivity index (χ1) is 19.4. The Morgan fingerprint density at radius 3 is 1.43 bits per heavy atom. The second-order valence-corrected chi connectivity index (χ2v) is 14.9. The van der Waals surface area contributed by atoms with Crippen LogP contribution in [0.2, 0.25) is 0 Å². The van der Waals surface area contributed by atoms with Gasteiger partial charge in [0.05, 0.1) is 0 Å². The van der Waals surface area contributed by atoms with E-state index in [1.54, 1.807) is 0 Å². The van der Waals surface area contributed by atoms with Gasteiger partial charge in [0.2, 0.25) is 0 Å². The van der Waals surface area contributed by atoms with Gasteiger partial charge in [0.1, 0.15) is 11.5 Å². The molecule has 4 aromatic rings. The molecule has 0 aliphatic rings. The maximum Gasteiger partial charge on any atom is 0.122 e. The number of rotatable bonds is 5. The van der Waals surface area contributed by atoms with Crippen LogP contribution >= 0.6 is 25.3 Å². The van der Waals surface area contributed by atoms with Crippen molar-refractivity contribution in [2.75, 3.05) is 0 Å². The van der Waals surface area contributed by atoms with Crippen molar-refractivity contribution in [2.24, 2.45) is 0 Å². The van der Waals surface area contributed by atoms with Crippen molar-refractivity contribution in [1.29, 1.82) is 0 Å². The van der Waals surface area contributed by atoms with Gasteiger partial charge in [-0.05, 0) is 136 Å². The van der Waals surface area contributed by atoms with Crippen molar-refractivity contribution in [1.82, 2.24) is 0 Å². The number of benzene rings is 4. The largest absolute Gasteiger partial charge is 0.507 e. The number of phenols is 2. The van der Waals surface area contributed by atoms with E-state index in [2.05, 4.69) is 104 Å². The highest BCUT2D eigenvalue weighted by Crippen LogP contribution is 2.42. The van der Waals surface area contributed by atoms with Crippen molar-refractivity contribution in [3.63, 3.8) is 0 Å². The number of phenolic OH excluding ortho intramolecular Hbond substituents is 2. The predicted octanol–water partition coefficient (Wildman–Crippen LogP) is 10.4. The molecule has 42 heavy (non-hydrogen) atoms. The number of aryl methyl sites for hydroxylation is 2. The van der Waals surface area contributed by atoms with Crippen LogP contribution in [0.15, 0.2) is 58.3 Å². The smallest absolute Gasteiger partial charge is 0.122 e. The van der Waals surface area contributed by atoms with Gasteiger partial charge >= 0.3 is 0 Å². The first-order valence-corrected chi connectivity index (χ1v) is 15.6. The molecule has 2 N–H and O–H groups in total. The molecule has 0 bridgehead atoms. The van der Waals surface area contributed by atoms with Crippen LogP contribution in [0.25, 0.3) is 11.1 Å². The van der Waals surface area contributed by atoms with Crippen LogP contribution in [0.1, 0.15) is 97.2 Å². The molecule has 0 amide bonds. The Balaban J connectivity index is 1.97. The lowest BCUT2D eigenvalue weighted by Gasteiger charge is -2.26. The summed E-state index contributed by atoms with van der Waals surface area (Å²) in [6.07, 6.45) is 1.30. The van der Waals surface area contributed by atoms with Crippen LogP contribution in [-0.4, -0.2) is 10.2 Å². The first-order valence-electron chi connectivity index (χ1n) is 14.7. The third-order valence-electron chi connectivity index (χ3n) is 8.71. The minimum Gasteiger partial charge on any atom is -0.507 e. The van der Waals surface area contributed by atoms with Crippen molar-refractivity contribution in [2.45, 2.75) is 103 Å². The molecule has 222 valence electrons. The summed E-state index contributed by atoms with van der Waals surface area (Å²) < 4.78 is 0. The molecular weight excluding hydrogens is 553 g/mol. The third kappa shape index (κ3) is 6.26. The van der Waals surface area contributed by atoms with E-state index in [4.69, 9.17) is 12.6 Å². The molecule has 2 nitrogen and oxygen atoms in total. The molecule has 0 aromatic heterocycles. The van der Waals surface area contributed by atoms with Crippen LogP contribution in [0.3, 0.4) is 0 Å². The lowest BCUT2D eigenvalue weighted by molar-refractivity contribution is 0.441. The first kappa shape index (κ1) is 32.1. The summed E-state index contributed by atoms with van der Waals surface area (Å²) >= 11 is 9.52. The molecule has 4 heteroatoms. The topological polar surface area (TPSA) is 40.5 Å². The summed E-state index contributed by atoms with van der Waals surface area (Å²) in [7, 11) is 0. The highest BCUT2D eigenvalue weighted by Gasteiger charge is 2.26. The maximum atomic E-state index is 11.3. The fourth-order valence-corrected chi connectivity index (χ4v) is 6.50. The van der Waals surface area contributed by atoms with Crippen molar-refractivity contribution >= 4 is 25.3 Å². The molecule has 0 heterocycles. The van der Waals surface area contributed by atoms with E-state index in [-0.39, 0.29) is 10.8 Å². The van der Waals surface area contributed by atoms with E-state index in [0.29, 0.717) is 24.3 Å². The molecule has 4 aromatic carbocycles. The molecule has 0 unspecified atom stereocenters. The van der Waals surface area contributed by atoms with Gasteiger partial charge in [-0.25, -0.2) is 0 Å². The Morgan fingerprint density at radius 2 is 1.00 bits per heavy atom. The molecule has 0 fully saturated rings. The summed E-state index contributed by atoms with van der Waals surface area (Å²) in [5, 5.41) is 22.6. The van der Waals surface area contributed by atoms with Crippen LogP contribution in [-0.2, 0) is 23.7 Å².